The van der Waals surface area contributed by atoms with Crippen LogP contribution in [0, 0.1) is 6.92 Å². The summed E-state index contributed by atoms with van der Waals surface area (Å²) in [7, 11) is 0. The Morgan fingerprint density at radius 3 is 2.55 bits per heavy atom. The van der Waals surface area contributed by atoms with Crippen LogP contribution in [0.5, 0.6) is 0 Å². The molecule has 0 aliphatic heterocycles. The summed E-state index contributed by atoms with van der Waals surface area (Å²) in [5.41, 5.74) is 2.31. The second-order valence-corrected chi connectivity index (χ2v) is 5.75. The van der Waals surface area contributed by atoms with E-state index in [-0.39, 0.29) is 6.03 Å². The van der Waals surface area contributed by atoms with Gasteiger partial charge in [0.25, 0.3) is 0 Å². The van der Waals surface area contributed by atoms with Gasteiger partial charge >= 0.3 is 6.03 Å². The van der Waals surface area contributed by atoms with Crippen molar-refractivity contribution in [2.45, 2.75) is 6.92 Å². The van der Waals surface area contributed by atoms with Crippen LogP contribution in [0.3, 0.4) is 0 Å². The van der Waals surface area contributed by atoms with Gasteiger partial charge in [0.15, 0.2) is 0 Å². The molecule has 0 bridgehead atoms. The number of halogens is 3. The number of nitrogens with one attached hydrogen (secondary N) is 2. The van der Waals surface area contributed by atoms with Crippen molar-refractivity contribution in [1.29, 1.82) is 0 Å². The van der Waals surface area contributed by atoms with Crippen LogP contribution in [0.25, 0.3) is 0 Å². The Morgan fingerprint density at radius 2 is 1.85 bits per heavy atom. The summed E-state index contributed by atoms with van der Waals surface area (Å²) in [4.78, 5) is 11.9. The second kappa shape index (κ2) is 6.48. The number of urea groups is 1. The molecule has 0 saturated carbocycles. The smallest absolute Gasteiger partial charge is 0.308 e. The van der Waals surface area contributed by atoms with E-state index in [1.54, 1.807) is 18.2 Å². The molecule has 6 heteroatoms. The average Bonchev–Trinajstić information content (AvgIpc) is 2.39. The first kappa shape index (κ1) is 15.2. The van der Waals surface area contributed by atoms with Gasteiger partial charge in [0.05, 0.1) is 15.7 Å². The Bertz CT molecular complexity index is 662. The summed E-state index contributed by atoms with van der Waals surface area (Å²) < 4.78 is 0.851. The van der Waals surface area contributed by atoms with Crippen LogP contribution in [-0.2, 0) is 0 Å². The predicted octanol–water partition coefficient (Wildman–Crippen LogP) is 5.71. The summed E-state index contributed by atoms with van der Waals surface area (Å²) in [6, 6.07) is 10.2. The van der Waals surface area contributed by atoms with Gasteiger partial charge in [-0.3, -0.25) is 0 Å². The molecular formula is C14H11BrCl2N2O. The van der Waals surface area contributed by atoms with Crippen LogP contribution >= 0.6 is 39.1 Å². The van der Waals surface area contributed by atoms with Crippen molar-refractivity contribution in [1.82, 2.24) is 0 Å². The largest absolute Gasteiger partial charge is 0.323 e. The molecule has 3 nitrogen and oxygen atoms in total. The molecule has 0 atom stereocenters. The number of carbonyl (C=O) groups excluding carboxylic acids is 1. The monoisotopic (exact) mass is 372 g/mol. The molecule has 0 radical (unpaired) electrons. The Kier molecular flexibility index (Phi) is 4.91. The molecule has 0 unspecified atom stereocenters. The molecule has 0 spiro atoms. The molecule has 20 heavy (non-hydrogen) atoms. The number of amides is 2. The van der Waals surface area contributed by atoms with E-state index in [2.05, 4.69) is 26.6 Å². The summed E-state index contributed by atoms with van der Waals surface area (Å²) in [5, 5.41) is 6.29. The lowest BCUT2D eigenvalue weighted by Gasteiger charge is -2.11. The van der Waals surface area contributed by atoms with Gasteiger partial charge < -0.3 is 10.6 Å². The van der Waals surface area contributed by atoms with Gasteiger partial charge in [0.2, 0.25) is 0 Å². The number of hydrogen-bond acceptors (Lipinski definition) is 1. The van der Waals surface area contributed by atoms with Crippen LogP contribution < -0.4 is 10.6 Å². The van der Waals surface area contributed by atoms with E-state index in [4.69, 9.17) is 23.2 Å². The van der Waals surface area contributed by atoms with Gasteiger partial charge in [0, 0.05) is 10.2 Å². The standard InChI is InChI=1S/C14H11BrCl2N2O/c1-8-3-2-4-12(13(8)15)19-14(20)18-9-5-6-10(16)11(17)7-9/h2-7H,1H3,(H2,18,19,20). The molecule has 104 valence electrons. The molecule has 2 aromatic rings. The zero-order valence-electron chi connectivity index (χ0n) is 10.5. The fourth-order valence-corrected chi connectivity index (χ4v) is 2.26. The van der Waals surface area contributed by atoms with Crippen molar-refractivity contribution < 1.29 is 4.79 Å². The van der Waals surface area contributed by atoms with Crippen LogP contribution in [0.15, 0.2) is 40.9 Å². The van der Waals surface area contributed by atoms with Crippen molar-refractivity contribution in [3.63, 3.8) is 0 Å². The molecule has 0 fully saturated rings. The third kappa shape index (κ3) is 3.66. The molecule has 0 heterocycles. The number of aryl methyl sites for hydroxylation is 1. The minimum Gasteiger partial charge on any atom is -0.308 e. The van der Waals surface area contributed by atoms with E-state index in [1.165, 1.54) is 0 Å². The zero-order chi connectivity index (χ0) is 14.7. The molecule has 0 aromatic heterocycles. The number of rotatable bonds is 2. The Balaban J connectivity index is 2.09. The van der Waals surface area contributed by atoms with Gasteiger partial charge in [-0.15, -0.1) is 0 Å². The fourth-order valence-electron chi connectivity index (χ4n) is 1.60. The molecule has 0 aliphatic rings. The number of carbonyl (C=O) groups is 1. The van der Waals surface area contributed by atoms with E-state index in [0.29, 0.717) is 21.4 Å². The maximum absolute atomic E-state index is 11.9. The highest BCUT2D eigenvalue weighted by molar-refractivity contribution is 9.10. The first-order valence-electron chi connectivity index (χ1n) is 5.75. The number of anilines is 2. The zero-order valence-corrected chi connectivity index (χ0v) is 13.6. The van der Waals surface area contributed by atoms with Crippen molar-refractivity contribution in [3.05, 3.63) is 56.5 Å². The summed E-state index contributed by atoms with van der Waals surface area (Å²) in [6.45, 7) is 1.95. The molecule has 2 aromatic carbocycles. The molecule has 2 N–H and O–H groups in total. The van der Waals surface area contributed by atoms with Crippen LogP contribution in [0.2, 0.25) is 10.0 Å². The first-order chi connectivity index (χ1) is 9.47. The molecule has 2 amide bonds. The van der Waals surface area contributed by atoms with Crippen molar-refractivity contribution in [2.24, 2.45) is 0 Å². The topological polar surface area (TPSA) is 41.1 Å². The highest BCUT2D eigenvalue weighted by Crippen LogP contribution is 2.27. The van der Waals surface area contributed by atoms with Gasteiger partial charge in [-0.25, -0.2) is 4.79 Å². The minimum atomic E-state index is -0.352. The first-order valence-corrected chi connectivity index (χ1v) is 7.30. The van der Waals surface area contributed by atoms with E-state index in [0.717, 1.165) is 10.0 Å². The maximum atomic E-state index is 11.9. The Morgan fingerprint density at radius 1 is 1.10 bits per heavy atom. The molecule has 2 rings (SSSR count). The SMILES string of the molecule is Cc1cccc(NC(=O)Nc2ccc(Cl)c(Cl)c2)c1Br. The fraction of sp³-hybridized carbons (Fsp3) is 0.0714. The highest BCUT2D eigenvalue weighted by Gasteiger charge is 2.08. The summed E-state index contributed by atoms with van der Waals surface area (Å²) in [6.07, 6.45) is 0. The highest BCUT2D eigenvalue weighted by atomic mass is 79.9. The van der Waals surface area contributed by atoms with Crippen LogP contribution in [0.1, 0.15) is 5.56 Å². The van der Waals surface area contributed by atoms with Gasteiger partial charge in [-0.1, -0.05) is 35.3 Å². The lowest BCUT2D eigenvalue weighted by molar-refractivity contribution is 0.262. The predicted molar refractivity (Wildman–Crippen MR) is 88.0 cm³/mol. The number of benzene rings is 2. The maximum Gasteiger partial charge on any atom is 0.323 e. The van der Waals surface area contributed by atoms with E-state index in [1.807, 2.05) is 25.1 Å². The third-order valence-corrected chi connectivity index (χ3v) is 4.41. The van der Waals surface area contributed by atoms with E-state index >= 15 is 0 Å². The second-order valence-electron chi connectivity index (χ2n) is 4.14. The van der Waals surface area contributed by atoms with Gasteiger partial charge in [-0.2, -0.15) is 0 Å². The summed E-state index contributed by atoms with van der Waals surface area (Å²) in [5.74, 6) is 0. The van der Waals surface area contributed by atoms with E-state index < -0.39 is 0 Å². The quantitative estimate of drug-likeness (QED) is 0.695. The molecule has 0 aliphatic carbocycles. The van der Waals surface area contributed by atoms with Crippen molar-refractivity contribution in [3.8, 4) is 0 Å². The van der Waals surface area contributed by atoms with Gasteiger partial charge in [-0.05, 0) is 52.7 Å². The molecule has 0 saturated heterocycles. The Hall–Kier alpha value is -1.23. The van der Waals surface area contributed by atoms with Gasteiger partial charge in [0.1, 0.15) is 0 Å². The van der Waals surface area contributed by atoms with E-state index in [9.17, 15) is 4.79 Å². The minimum absolute atomic E-state index is 0.352. The average molecular weight is 374 g/mol. The van der Waals surface area contributed by atoms with Crippen molar-refractivity contribution in [2.75, 3.05) is 10.6 Å². The Labute approximate surface area is 135 Å². The van der Waals surface area contributed by atoms with Crippen LogP contribution in [-0.4, -0.2) is 6.03 Å². The van der Waals surface area contributed by atoms with Crippen LogP contribution in [0.4, 0.5) is 16.2 Å². The lowest BCUT2D eigenvalue weighted by Crippen LogP contribution is -2.19. The van der Waals surface area contributed by atoms with Crippen molar-refractivity contribution >= 4 is 56.5 Å². The normalized spacial score (nSPS) is 10.2. The molecular weight excluding hydrogens is 363 g/mol. The lowest BCUT2D eigenvalue weighted by atomic mass is 10.2. The third-order valence-electron chi connectivity index (χ3n) is 2.62. The number of hydrogen-bond donors (Lipinski definition) is 2. The summed E-state index contributed by atoms with van der Waals surface area (Å²) >= 11 is 15.1.